The van der Waals surface area contributed by atoms with Crippen LogP contribution in [-0.2, 0) is 4.79 Å². The van der Waals surface area contributed by atoms with E-state index in [2.05, 4.69) is 0 Å². The molecular formula is C17H23NO4. The molecule has 5 nitrogen and oxygen atoms in total. The number of quaternary nitrogens is 1. The Bertz CT molecular complexity index is 521. The van der Waals surface area contributed by atoms with E-state index in [4.69, 9.17) is 9.47 Å². The number of carbonyl (C=O) groups is 1. The van der Waals surface area contributed by atoms with Gasteiger partial charge in [-0.3, -0.25) is 0 Å². The number of ether oxygens (including phenoxy) is 2. The fraction of sp³-hybridized carbons (Fsp3) is 0.471. The van der Waals surface area contributed by atoms with Crippen molar-refractivity contribution in [1.29, 1.82) is 0 Å². The molecule has 0 aromatic heterocycles. The van der Waals surface area contributed by atoms with Crippen molar-refractivity contribution < 1.29 is 24.3 Å². The van der Waals surface area contributed by atoms with Crippen LogP contribution in [-0.4, -0.2) is 39.3 Å². The molecule has 1 aromatic rings. The maximum atomic E-state index is 10.4. The van der Waals surface area contributed by atoms with E-state index in [1.165, 1.54) is 38.4 Å². The highest BCUT2D eigenvalue weighted by molar-refractivity contribution is 5.83. The van der Waals surface area contributed by atoms with Crippen LogP contribution in [0.5, 0.6) is 11.5 Å². The zero-order valence-electron chi connectivity index (χ0n) is 13.0. The van der Waals surface area contributed by atoms with E-state index in [0.717, 1.165) is 18.2 Å². The van der Waals surface area contributed by atoms with Gasteiger partial charge >= 0.3 is 0 Å². The molecule has 1 fully saturated rings. The van der Waals surface area contributed by atoms with Crippen molar-refractivity contribution in [3.8, 4) is 11.5 Å². The van der Waals surface area contributed by atoms with E-state index >= 15 is 0 Å². The zero-order chi connectivity index (χ0) is 15.8. The highest BCUT2D eigenvalue weighted by Gasteiger charge is 2.13. The smallest absolute Gasteiger partial charge is 0.161 e. The van der Waals surface area contributed by atoms with Crippen LogP contribution in [0.25, 0.3) is 6.08 Å². The van der Waals surface area contributed by atoms with Gasteiger partial charge in [0.25, 0.3) is 0 Å². The Morgan fingerprint density at radius 3 is 2.73 bits per heavy atom. The monoisotopic (exact) mass is 305 g/mol. The third-order valence-electron chi connectivity index (χ3n) is 3.87. The fourth-order valence-electron chi connectivity index (χ4n) is 2.68. The minimum absolute atomic E-state index is 0.606. The second-order valence-corrected chi connectivity index (χ2v) is 5.47. The van der Waals surface area contributed by atoms with Gasteiger partial charge in [0.1, 0.15) is 13.2 Å². The molecule has 22 heavy (non-hydrogen) atoms. The van der Waals surface area contributed by atoms with Crippen LogP contribution < -0.4 is 19.5 Å². The van der Waals surface area contributed by atoms with E-state index in [9.17, 15) is 9.90 Å². The number of hydrogen-bond donors (Lipinski definition) is 1. The Morgan fingerprint density at radius 2 is 2.05 bits per heavy atom. The first-order chi connectivity index (χ1) is 10.7. The van der Waals surface area contributed by atoms with Crippen molar-refractivity contribution in [3.63, 3.8) is 0 Å². The van der Waals surface area contributed by atoms with Gasteiger partial charge in [-0.1, -0.05) is 12.1 Å². The number of piperidine rings is 1. The van der Waals surface area contributed by atoms with Gasteiger partial charge in [-0.05, 0) is 43.0 Å². The summed E-state index contributed by atoms with van der Waals surface area (Å²) in [5.74, 6) is 0.0717. The lowest BCUT2D eigenvalue weighted by molar-refractivity contribution is -0.904. The molecule has 1 saturated heterocycles. The first kappa shape index (κ1) is 16.4. The summed E-state index contributed by atoms with van der Waals surface area (Å²) in [6, 6.07) is 5.35. The van der Waals surface area contributed by atoms with Crippen LogP contribution in [0.1, 0.15) is 24.8 Å². The summed E-state index contributed by atoms with van der Waals surface area (Å²) >= 11 is 0. The zero-order valence-corrected chi connectivity index (χ0v) is 13.0. The van der Waals surface area contributed by atoms with Crippen molar-refractivity contribution in [2.45, 2.75) is 19.3 Å². The largest absolute Gasteiger partial charge is 0.545 e. The van der Waals surface area contributed by atoms with Gasteiger partial charge in [0, 0.05) is 0 Å². The molecule has 0 bridgehead atoms. The molecule has 1 heterocycles. The summed E-state index contributed by atoms with van der Waals surface area (Å²) in [6.45, 7) is 4.11. The number of benzene rings is 1. The summed E-state index contributed by atoms with van der Waals surface area (Å²) in [5, 5.41) is 10.4. The predicted octanol–water partition coefficient (Wildman–Crippen LogP) is -0.0941. The van der Waals surface area contributed by atoms with E-state index in [0.29, 0.717) is 18.1 Å². The Balaban J connectivity index is 1.90. The third kappa shape index (κ3) is 5.07. The highest BCUT2D eigenvalue weighted by atomic mass is 16.5. The van der Waals surface area contributed by atoms with Gasteiger partial charge in [0.2, 0.25) is 0 Å². The number of carbonyl (C=O) groups excluding carboxylic acids is 1. The molecule has 1 aliphatic rings. The van der Waals surface area contributed by atoms with Crippen LogP contribution >= 0.6 is 0 Å². The van der Waals surface area contributed by atoms with Gasteiger partial charge in [0.15, 0.2) is 11.5 Å². The average molecular weight is 305 g/mol. The molecule has 5 heteroatoms. The molecule has 0 amide bonds. The number of rotatable bonds is 7. The Morgan fingerprint density at radius 1 is 1.27 bits per heavy atom. The normalized spacial score (nSPS) is 15.9. The number of hydrogen-bond acceptors (Lipinski definition) is 4. The standard InChI is InChI=1S/C17H23NO4/c1-21-16-13-14(6-8-17(19)20)5-7-15(16)22-12-11-18-9-3-2-4-10-18/h5-8,13H,2-4,9-12H2,1H3,(H,19,20)/b8-6+. The van der Waals surface area contributed by atoms with Crippen LogP contribution in [0.3, 0.4) is 0 Å². The van der Waals surface area contributed by atoms with Gasteiger partial charge in [0.05, 0.1) is 26.2 Å². The van der Waals surface area contributed by atoms with Crippen molar-refractivity contribution >= 4 is 12.0 Å². The Kier molecular flexibility index (Phi) is 6.27. The molecule has 0 radical (unpaired) electrons. The topological polar surface area (TPSA) is 63.0 Å². The number of aliphatic carboxylic acids is 1. The molecule has 0 saturated carbocycles. The van der Waals surface area contributed by atoms with Crippen molar-refractivity contribution in [2.75, 3.05) is 33.4 Å². The summed E-state index contributed by atoms with van der Waals surface area (Å²) < 4.78 is 11.1. The molecule has 1 aromatic carbocycles. The lowest BCUT2D eigenvalue weighted by Crippen LogP contribution is -3.13. The molecule has 1 N–H and O–H groups in total. The highest BCUT2D eigenvalue weighted by Crippen LogP contribution is 2.28. The Hall–Kier alpha value is -2.01. The number of methoxy groups -OCH3 is 1. The SMILES string of the molecule is COc1cc(/C=C/C(=O)[O-])ccc1OCC[NH+]1CCCCC1. The summed E-state index contributed by atoms with van der Waals surface area (Å²) in [5.41, 5.74) is 0.732. The van der Waals surface area contributed by atoms with E-state index < -0.39 is 5.97 Å². The molecule has 0 spiro atoms. The molecule has 1 aliphatic heterocycles. The second-order valence-electron chi connectivity index (χ2n) is 5.47. The molecule has 2 rings (SSSR count). The average Bonchev–Trinajstić information content (AvgIpc) is 2.54. The van der Waals surface area contributed by atoms with Crippen LogP contribution in [0.2, 0.25) is 0 Å². The number of nitrogens with one attached hydrogen (secondary N) is 1. The van der Waals surface area contributed by atoms with Crippen LogP contribution in [0.4, 0.5) is 0 Å². The summed E-state index contributed by atoms with van der Waals surface area (Å²) in [4.78, 5) is 12.0. The molecule has 120 valence electrons. The van der Waals surface area contributed by atoms with Crippen molar-refractivity contribution in [3.05, 3.63) is 29.8 Å². The number of carboxylic acid groups (broad SMARTS) is 1. The first-order valence-corrected chi connectivity index (χ1v) is 7.72. The molecule has 0 unspecified atom stereocenters. The lowest BCUT2D eigenvalue weighted by atomic mass is 10.1. The Labute approximate surface area is 131 Å². The van der Waals surface area contributed by atoms with Crippen molar-refractivity contribution in [2.24, 2.45) is 0 Å². The van der Waals surface area contributed by atoms with Gasteiger partial charge < -0.3 is 24.3 Å². The summed E-state index contributed by atoms with van der Waals surface area (Å²) in [6.07, 6.45) is 6.42. The van der Waals surface area contributed by atoms with Gasteiger partial charge in [-0.25, -0.2) is 0 Å². The second kappa shape index (κ2) is 8.44. The maximum absolute atomic E-state index is 10.4. The van der Waals surface area contributed by atoms with Gasteiger partial charge in [-0.2, -0.15) is 0 Å². The van der Waals surface area contributed by atoms with E-state index in [-0.39, 0.29) is 0 Å². The first-order valence-electron chi connectivity index (χ1n) is 7.72. The fourth-order valence-corrected chi connectivity index (χ4v) is 2.68. The minimum Gasteiger partial charge on any atom is -0.545 e. The summed E-state index contributed by atoms with van der Waals surface area (Å²) in [7, 11) is 1.57. The third-order valence-corrected chi connectivity index (χ3v) is 3.87. The van der Waals surface area contributed by atoms with E-state index in [1.54, 1.807) is 30.2 Å². The van der Waals surface area contributed by atoms with E-state index in [1.807, 2.05) is 0 Å². The molecule has 0 aliphatic carbocycles. The molecule has 0 atom stereocenters. The number of likely N-dealkylation sites (tertiary alicyclic amines) is 1. The van der Waals surface area contributed by atoms with Gasteiger partial charge in [-0.15, -0.1) is 0 Å². The van der Waals surface area contributed by atoms with Crippen molar-refractivity contribution in [1.82, 2.24) is 0 Å². The quantitative estimate of drug-likeness (QED) is 0.715. The van der Waals surface area contributed by atoms with Crippen LogP contribution in [0.15, 0.2) is 24.3 Å². The minimum atomic E-state index is -1.22. The van der Waals surface area contributed by atoms with Crippen LogP contribution in [0, 0.1) is 0 Å². The molecular weight excluding hydrogens is 282 g/mol. The predicted molar refractivity (Wildman–Crippen MR) is 81.9 cm³/mol. The maximum Gasteiger partial charge on any atom is 0.161 e. The number of carboxylic acids is 1. The lowest BCUT2D eigenvalue weighted by Gasteiger charge is -2.23.